The van der Waals surface area contributed by atoms with Crippen LogP contribution in [0.5, 0.6) is 11.5 Å². The molecule has 0 saturated carbocycles. The van der Waals surface area contributed by atoms with Gasteiger partial charge in [-0.3, -0.25) is 4.79 Å². The Kier molecular flexibility index (Phi) is 5.99. The Morgan fingerprint density at radius 1 is 1.07 bits per heavy atom. The average molecular weight is 424 g/mol. The van der Waals surface area contributed by atoms with Crippen LogP contribution in [-0.4, -0.2) is 54.6 Å². The van der Waals surface area contributed by atoms with Gasteiger partial charge in [0, 0.05) is 35.7 Å². The van der Waals surface area contributed by atoms with Crippen molar-refractivity contribution in [1.29, 1.82) is 0 Å². The van der Waals surface area contributed by atoms with Gasteiger partial charge in [-0.25, -0.2) is 4.98 Å². The average Bonchev–Trinajstić information content (AvgIpc) is 2.79. The summed E-state index contributed by atoms with van der Waals surface area (Å²) in [5.41, 5.74) is 3.90. The van der Waals surface area contributed by atoms with E-state index in [-0.39, 0.29) is 5.91 Å². The lowest BCUT2D eigenvalue weighted by Gasteiger charge is -2.26. The summed E-state index contributed by atoms with van der Waals surface area (Å²) in [6.07, 6.45) is 0. The molecule has 1 aliphatic heterocycles. The van der Waals surface area contributed by atoms with Gasteiger partial charge in [-0.1, -0.05) is 12.1 Å². The molecule has 0 spiro atoms. The van der Waals surface area contributed by atoms with Crippen LogP contribution in [0.1, 0.15) is 16.1 Å². The summed E-state index contributed by atoms with van der Waals surface area (Å²) in [6, 6.07) is 13.5. The number of para-hydroxylation sites is 1. The summed E-state index contributed by atoms with van der Waals surface area (Å²) in [5.74, 6) is 3.32. The number of methoxy groups -OCH3 is 2. The zero-order chi connectivity index (χ0) is 21.1. The monoisotopic (exact) mass is 423 g/mol. The predicted octanol–water partition coefficient (Wildman–Crippen LogP) is 4.49. The molecule has 1 N–H and O–H groups in total. The molecule has 0 atom stereocenters. The highest BCUT2D eigenvalue weighted by atomic mass is 32.2. The van der Waals surface area contributed by atoms with E-state index in [1.807, 2.05) is 66.1 Å². The van der Waals surface area contributed by atoms with E-state index >= 15 is 0 Å². The zero-order valence-electron chi connectivity index (χ0n) is 17.4. The number of nitrogens with one attached hydrogen (secondary N) is 1. The Hall–Kier alpha value is -2.93. The Labute approximate surface area is 180 Å². The maximum atomic E-state index is 13.2. The molecule has 2 aromatic carbocycles. The molecule has 7 heteroatoms. The molecule has 1 aliphatic rings. The highest BCUT2D eigenvalue weighted by Crippen LogP contribution is 2.33. The molecule has 1 saturated heterocycles. The lowest BCUT2D eigenvalue weighted by atomic mass is 10.1. The molecule has 0 bridgehead atoms. The predicted molar refractivity (Wildman–Crippen MR) is 123 cm³/mol. The van der Waals surface area contributed by atoms with Crippen LogP contribution < -0.4 is 14.8 Å². The summed E-state index contributed by atoms with van der Waals surface area (Å²) in [7, 11) is 3.27. The molecule has 3 aromatic rings. The maximum absolute atomic E-state index is 13.2. The fourth-order valence-electron chi connectivity index (χ4n) is 3.58. The first-order valence-corrected chi connectivity index (χ1v) is 11.0. The molecule has 0 aliphatic carbocycles. The summed E-state index contributed by atoms with van der Waals surface area (Å²) in [5, 5.41) is 4.39. The topological polar surface area (TPSA) is 63.7 Å². The first kappa shape index (κ1) is 20.3. The van der Waals surface area contributed by atoms with Crippen LogP contribution in [-0.2, 0) is 0 Å². The molecule has 4 rings (SSSR count). The second kappa shape index (κ2) is 8.83. The van der Waals surface area contributed by atoms with Gasteiger partial charge in [0.1, 0.15) is 22.7 Å². The van der Waals surface area contributed by atoms with Crippen molar-refractivity contribution in [2.75, 3.05) is 44.1 Å². The number of hydrogen-bond acceptors (Lipinski definition) is 6. The van der Waals surface area contributed by atoms with Crippen molar-refractivity contribution in [3.63, 3.8) is 0 Å². The van der Waals surface area contributed by atoms with Gasteiger partial charge in [0.25, 0.3) is 5.91 Å². The molecule has 2 heterocycles. The molecular weight excluding hydrogens is 398 g/mol. The van der Waals surface area contributed by atoms with Gasteiger partial charge >= 0.3 is 0 Å². The van der Waals surface area contributed by atoms with Gasteiger partial charge in [0.15, 0.2) is 0 Å². The number of anilines is 2. The number of fused-ring (bicyclic) bond motifs is 1. The van der Waals surface area contributed by atoms with E-state index in [1.165, 1.54) is 0 Å². The highest BCUT2D eigenvalue weighted by Gasteiger charge is 2.22. The maximum Gasteiger partial charge on any atom is 0.272 e. The van der Waals surface area contributed by atoms with Crippen LogP contribution in [0.2, 0.25) is 0 Å². The Balaban J connectivity index is 1.80. The second-order valence-electron chi connectivity index (χ2n) is 7.12. The van der Waals surface area contributed by atoms with E-state index in [9.17, 15) is 4.79 Å². The SMILES string of the molecule is COc1ccc(Nc2cc(C(=O)N3CCSCC3)nc3c(OC)cccc23)c(C)c1. The number of carbonyl (C=O) groups is 1. The fraction of sp³-hybridized carbons (Fsp3) is 0.304. The van der Waals surface area contributed by atoms with Gasteiger partial charge in [-0.05, 0) is 42.8 Å². The Morgan fingerprint density at radius 3 is 2.57 bits per heavy atom. The normalized spacial score (nSPS) is 13.9. The summed E-state index contributed by atoms with van der Waals surface area (Å²) < 4.78 is 10.8. The third-order valence-corrected chi connectivity index (χ3v) is 6.19. The lowest BCUT2D eigenvalue weighted by molar-refractivity contribution is 0.0767. The number of rotatable bonds is 5. The largest absolute Gasteiger partial charge is 0.497 e. The number of thioether (sulfide) groups is 1. The molecule has 0 radical (unpaired) electrons. The minimum absolute atomic E-state index is 0.0439. The second-order valence-corrected chi connectivity index (χ2v) is 8.35. The third kappa shape index (κ3) is 4.03. The van der Waals surface area contributed by atoms with E-state index in [0.29, 0.717) is 17.0 Å². The Bertz CT molecular complexity index is 1080. The number of pyridine rings is 1. The molecule has 6 nitrogen and oxygen atoms in total. The number of ether oxygens (including phenoxy) is 2. The summed E-state index contributed by atoms with van der Waals surface area (Å²) in [6.45, 7) is 3.51. The van der Waals surface area contributed by atoms with Crippen molar-refractivity contribution < 1.29 is 14.3 Å². The van der Waals surface area contributed by atoms with Gasteiger partial charge in [-0.2, -0.15) is 11.8 Å². The molecule has 0 unspecified atom stereocenters. The number of benzene rings is 2. The first-order chi connectivity index (χ1) is 14.6. The molecular formula is C23H25N3O3S. The van der Waals surface area contributed by atoms with Crippen LogP contribution in [0, 0.1) is 6.92 Å². The summed E-state index contributed by atoms with van der Waals surface area (Å²) >= 11 is 1.87. The van der Waals surface area contributed by atoms with Crippen molar-refractivity contribution in [1.82, 2.24) is 9.88 Å². The fourth-order valence-corrected chi connectivity index (χ4v) is 4.48. The van der Waals surface area contributed by atoms with Crippen LogP contribution >= 0.6 is 11.8 Å². The molecule has 1 aromatic heterocycles. The van der Waals surface area contributed by atoms with E-state index in [0.717, 1.165) is 52.7 Å². The van der Waals surface area contributed by atoms with Gasteiger partial charge < -0.3 is 19.7 Å². The smallest absolute Gasteiger partial charge is 0.272 e. The molecule has 30 heavy (non-hydrogen) atoms. The third-order valence-electron chi connectivity index (χ3n) is 5.24. The van der Waals surface area contributed by atoms with E-state index in [4.69, 9.17) is 14.5 Å². The number of hydrogen-bond donors (Lipinski definition) is 1. The van der Waals surface area contributed by atoms with E-state index < -0.39 is 0 Å². The highest BCUT2D eigenvalue weighted by molar-refractivity contribution is 7.99. The van der Waals surface area contributed by atoms with Crippen molar-refractivity contribution in [2.45, 2.75) is 6.92 Å². The van der Waals surface area contributed by atoms with Crippen molar-refractivity contribution >= 4 is 39.9 Å². The number of carbonyl (C=O) groups excluding carboxylic acids is 1. The van der Waals surface area contributed by atoms with Crippen LogP contribution in [0.3, 0.4) is 0 Å². The standard InChI is InChI=1S/C23H25N3O3S/c1-15-13-16(28-2)7-8-18(15)24-19-14-20(23(27)26-9-11-30-12-10-26)25-22-17(19)5-4-6-21(22)29-3/h4-8,13-14H,9-12H2,1-3H3,(H,24,25). The molecule has 1 amide bonds. The number of amides is 1. The Morgan fingerprint density at radius 2 is 1.87 bits per heavy atom. The number of aromatic nitrogens is 1. The zero-order valence-corrected chi connectivity index (χ0v) is 18.2. The number of aryl methyl sites for hydroxylation is 1. The van der Waals surface area contributed by atoms with Crippen LogP contribution in [0.25, 0.3) is 10.9 Å². The number of nitrogens with zero attached hydrogens (tertiary/aromatic N) is 2. The van der Waals surface area contributed by atoms with Gasteiger partial charge in [0.2, 0.25) is 0 Å². The first-order valence-electron chi connectivity index (χ1n) is 9.87. The lowest BCUT2D eigenvalue weighted by Crippen LogP contribution is -2.38. The van der Waals surface area contributed by atoms with Crippen molar-refractivity contribution in [3.8, 4) is 11.5 Å². The van der Waals surface area contributed by atoms with Crippen molar-refractivity contribution in [2.24, 2.45) is 0 Å². The van der Waals surface area contributed by atoms with Gasteiger partial charge in [-0.15, -0.1) is 0 Å². The molecule has 1 fully saturated rings. The van der Waals surface area contributed by atoms with Crippen molar-refractivity contribution in [3.05, 3.63) is 53.7 Å². The summed E-state index contributed by atoms with van der Waals surface area (Å²) in [4.78, 5) is 19.7. The quantitative estimate of drug-likeness (QED) is 0.652. The van der Waals surface area contributed by atoms with Crippen LogP contribution in [0.4, 0.5) is 11.4 Å². The van der Waals surface area contributed by atoms with E-state index in [2.05, 4.69) is 5.32 Å². The minimum Gasteiger partial charge on any atom is -0.497 e. The van der Waals surface area contributed by atoms with Crippen LogP contribution in [0.15, 0.2) is 42.5 Å². The minimum atomic E-state index is -0.0439. The molecule has 156 valence electrons. The van der Waals surface area contributed by atoms with E-state index in [1.54, 1.807) is 14.2 Å². The van der Waals surface area contributed by atoms with Gasteiger partial charge in [0.05, 0.1) is 19.9 Å².